The first-order valence-electron chi connectivity index (χ1n) is 7.03. The third-order valence-electron chi connectivity index (χ3n) is 3.42. The van der Waals surface area contributed by atoms with Gasteiger partial charge in [-0.25, -0.2) is 8.42 Å². The zero-order chi connectivity index (χ0) is 17.8. The molecule has 2 heterocycles. The lowest BCUT2D eigenvalue weighted by atomic mass is 10.0. The van der Waals surface area contributed by atoms with E-state index in [1.54, 1.807) is 18.3 Å². The summed E-state index contributed by atoms with van der Waals surface area (Å²) in [6.45, 7) is -0.157. The number of benzene rings is 1. The molecule has 0 fully saturated rings. The van der Waals surface area contributed by atoms with Crippen LogP contribution in [-0.2, 0) is 15.2 Å². The van der Waals surface area contributed by atoms with Crippen LogP contribution >= 0.6 is 11.3 Å². The summed E-state index contributed by atoms with van der Waals surface area (Å²) in [5, 5.41) is 20.2. The lowest BCUT2D eigenvalue weighted by molar-refractivity contribution is -0.384. The molecule has 0 aliphatic heterocycles. The smallest absolute Gasteiger partial charge is 0.269 e. The molecule has 1 aromatic carbocycles. The van der Waals surface area contributed by atoms with E-state index in [0.29, 0.717) is 15.6 Å². The van der Waals surface area contributed by atoms with E-state index < -0.39 is 21.8 Å². The second-order valence-electron chi connectivity index (χ2n) is 4.95. The normalized spacial score (nSPS) is 12.4. The maximum Gasteiger partial charge on any atom is 0.269 e. The summed E-state index contributed by atoms with van der Waals surface area (Å²) in [7, 11) is -3.02. The molecule has 130 valence electrons. The molecule has 2 aromatic heterocycles. The van der Waals surface area contributed by atoms with Crippen molar-refractivity contribution in [3.8, 4) is 10.7 Å². The van der Waals surface area contributed by atoms with Gasteiger partial charge in [-0.05, 0) is 17.7 Å². The summed E-state index contributed by atoms with van der Waals surface area (Å²) < 4.78 is 26.3. The number of H-pyrrole nitrogens is 1. The third kappa shape index (κ3) is 4.07. The van der Waals surface area contributed by atoms with Crippen molar-refractivity contribution in [1.29, 1.82) is 0 Å². The van der Waals surface area contributed by atoms with E-state index in [2.05, 4.69) is 15.2 Å². The summed E-state index contributed by atoms with van der Waals surface area (Å²) in [6, 6.07) is 9.49. The zero-order valence-corrected chi connectivity index (χ0v) is 14.3. The molecule has 3 rings (SSSR count). The van der Waals surface area contributed by atoms with Crippen molar-refractivity contribution in [2.45, 2.75) is 5.92 Å². The highest BCUT2D eigenvalue weighted by Crippen LogP contribution is 2.32. The average molecular weight is 380 g/mol. The molecule has 0 spiro atoms. The fraction of sp³-hybridized carbons (Fsp3) is 0.143. The summed E-state index contributed by atoms with van der Waals surface area (Å²) in [6.07, 6.45) is 1.76. The zero-order valence-electron chi connectivity index (χ0n) is 12.6. The van der Waals surface area contributed by atoms with E-state index in [0.717, 1.165) is 5.69 Å². The average Bonchev–Trinajstić information content (AvgIpc) is 3.26. The quantitative estimate of drug-likeness (QED) is 0.365. The van der Waals surface area contributed by atoms with Crippen molar-refractivity contribution < 1.29 is 17.5 Å². The fourth-order valence-corrected chi connectivity index (χ4v) is 3.44. The molecule has 0 saturated carbocycles. The highest BCUT2D eigenvalue weighted by molar-refractivity contribution is 7.67. The number of rotatable bonds is 7. The van der Waals surface area contributed by atoms with Gasteiger partial charge in [0.05, 0.1) is 23.1 Å². The van der Waals surface area contributed by atoms with Gasteiger partial charge in [0, 0.05) is 18.3 Å². The standard InChI is InChI=1S/C14H12N4O5S2/c19-18(20)10-5-3-9(4-6-10)11(8-23-25(21)22)13-16-17-14(24-13)12-2-1-7-15-12/h1-7,11,15,25H,8H2/t11-/m0/s1. The van der Waals surface area contributed by atoms with Gasteiger partial charge in [-0.3, -0.25) is 14.3 Å². The highest BCUT2D eigenvalue weighted by atomic mass is 32.2. The van der Waals surface area contributed by atoms with Crippen molar-refractivity contribution >= 4 is 28.0 Å². The Balaban J connectivity index is 1.92. The predicted molar refractivity (Wildman–Crippen MR) is 90.9 cm³/mol. The molecule has 0 saturated heterocycles. The fourth-order valence-electron chi connectivity index (χ4n) is 2.22. The van der Waals surface area contributed by atoms with E-state index >= 15 is 0 Å². The van der Waals surface area contributed by atoms with Gasteiger partial charge in [0.1, 0.15) is 5.01 Å². The minimum atomic E-state index is -3.02. The topological polar surface area (TPSA) is 128 Å². The Bertz CT molecular complexity index is 927. The Morgan fingerprint density at radius 3 is 2.60 bits per heavy atom. The van der Waals surface area contributed by atoms with Crippen LogP contribution in [0.1, 0.15) is 16.5 Å². The van der Waals surface area contributed by atoms with Crippen molar-refractivity contribution in [2.75, 3.05) is 6.61 Å². The minimum absolute atomic E-state index is 0.0531. The third-order valence-corrected chi connectivity index (χ3v) is 4.85. The van der Waals surface area contributed by atoms with Crippen LogP contribution in [0.3, 0.4) is 0 Å². The van der Waals surface area contributed by atoms with Crippen LogP contribution in [0.15, 0.2) is 42.6 Å². The molecule has 0 aliphatic carbocycles. The van der Waals surface area contributed by atoms with Crippen molar-refractivity contribution in [3.63, 3.8) is 0 Å². The maximum absolute atomic E-state index is 10.8. The molecule has 25 heavy (non-hydrogen) atoms. The van der Waals surface area contributed by atoms with Crippen LogP contribution in [-0.4, -0.2) is 35.1 Å². The molecular formula is C14H12N4O5S2. The van der Waals surface area contributed by atoms with Gasteiger partial charge in [0.15, 0.2) is 5.01 Å². The second kappa shape index (κ2) is 7.51. The number of nitro benzene ring substituents is 1. The van der Waals surface area contributed by atoms with Crippen molar-refractivity contribution in [1.82, 2.24) is 15.2 Å². The molecule has 0 amide bonds. The molecule has 0 aliphatic rings. The van der Waals surface area contributed by atoms with Gasteiger partial charge in [-0.1, -0.05) is 23.5 Å². The van der Waals surface area contributed by atoms with Crippen LogP contribution in [0.4, 0.5) is 5.69 Å². The summed E-state index contributed by atoms with van der Waals surface area (Å²) in [5.74, 6) is -0.505. The van der Waals surface area contributed by atoms with Gasteiger partial charge in [-0.2, -0.15) is 0 Å². The van der Waals surface area contributed by atoms with Crippen molar-refractivity contribution in [3.05, 3.63) is 63.3 Å². The summed E-state index contributed by atoms with van der Waals surface area (Å²) >= 11 is 1.29. The molecule has 3 aromatic rings. The minimum Gasteiger partial charge on any atom is -0.359 e. The van der Waals surface area contributed by atoms with E-state index in [9.17, 15) is 18.5 Å². The maximum atomic E-state index is 10.8. The Morgan fingerprint density at radius 2 is 2.00 bits per heavy atom. The van der Waals surface area contributed by atoms with E-state index in [-0.39, 0.29) is 12.3 Å². The van der Waals surface area contributed by atoms with Gasteiger partial charge in [0.25, 0.3) is 16.7 Å². The van der Waals surface area contributed by atoms with E-state index in [4.69, 9.17) is 4.18 Å². The Labute approximate surface area is 147 Å². The van der Waals surface area contributed by atoms with Crippen LogP contribution in [0.5, 0.6) is 0 Å². The molecule has 0 bridgehead atoms. The lowest BCUT2D eigenvalue weighted by Gasteiger charge is -2.12. The number of thiol groups is 1. The molecule has 1 N–H and O–H groups in total. The molecule has 9 nitrogen and oxygen atoms in total. The Hall–Kier alpha value is -2.63. The van der Waals surface area contributed by atoms with Crippen LogP contribution < -0.4 is 0 Å². The number of aromatic amines is 1. The highest BCUT2D eigenvalue weighted by Gasteiger charge is 2.21. The molecule has 0 unspecified atom stereocenters. The molecular weight excluding hydrogens is 368 g/mol. The number of nitrogens with one attached hydrogen (secondary N) is 1. The summed E-state index contributed by atoms with van der Waals surface area (Å²) in [4.78, 5) is 13.3. The largest absolute Gasteiger partial charge is 0.359 e. The van der Waals surface area contributed by atoms with Crippen LogP contribution in [0, 0.1) is 10.1 Å². The number of non-ortho nitro benzene ring substituents is 1. The number of nitro groups is 1. The number of hydrogen-bond donors (Lipinski definition) is 2. The predicted octanol–water partition coefficient (Wildman–Crippen LogP) is 2.12. The summed E-state index contributed by atoms with van der Waals surface area (Å²) in [5.41, 5.74) is 1.39. The van der Waals surface area contributed by atoms with Crippen LogP contribution in [0.25, 0.3) is 10.7 Å². The van der Waals surface area contributed by atoms with Crippen molar-refractivity contribution in [2.24, 2.45) is 0 Å². The first kappa shape index (κ1) is 17.2. The molecule has 1 atom stereocenters. The molecule has 11 heteroatoms. The number of aromatic nitrogens is 3. The lowest BCUT2D eigenvalue weighted by Crippen LogP contribution is -2.09. The Morgan fingerprint density at radius 1 is 1.24 bits per heavy atom. The van der Waals surface area contributed by atoms with Gasteiger partial charge < -0.3 is 4.98 Å². The molecule has 0 radical (unpaired) electrons. The Kier molecular flexibility index (Phi) is 5.16. The number of hydrogen-bond acceptors (Lipinski definition) is 8. The number of nitrogens with zero attached hydrogens (tertiary/aromatic N) is 3. The second-order valence-corrected chi connectivity index (χ2v) is 6.66. The first-order valence-corrected chi connectivity index (χ1v) is 8.94. The van der Waals surface area contributed by atoms with E-state index in [1.807, 2.05) is 12.1 Å². The van der Waals surface area contributed by atoms with E-state index in [1.165, 1.54) is 23.5 Å². The van der Waals surface area contributed by atoms with Gasteiger partial charge >= 0.3 is 0 Å². The monoisotopic (exact) mass is 380 g/mol. The SMILES string of the molecule is O=[N+]([O-])c1ccc([C@H](CO[SH](=O)=O)c2nnc(-c3ccc[nH]3)s2)cc1. The first-order chi connectivity index (χ1) is 12.0. The van der Waals surface area contributed by atoms with Gasteiger partial charge in [0.2, 0.25) is 0 Å². The van der Waals surface area contributed by atoms with Crippen LogP contribution in [0.2, 0.25) is 0 Å². The van der Waals surface area contributed by atoms with Gasteiger partial charge in [-0.15, -0.1) is 10.2 Å².